The average molecular weight is 399 g/mol. The van der Waals surface area contributed by atoms with E-state index in [0.29, 0.717) is 17.4 Å². The lowest BCUT2D eigenvalue weighted by Crippen LogP contribution is -2.43. The maximum Gasteiger partial charge on any atom is 0.262 e. The molecule has 2 atom stereocenters. The Bertz CT molecular complexity index is 1020. The summed E-state index contributed by atoms with van der Waals surface area (Å²) in [6, 6.07) is 24.8. The van der Waals surface area contributed by atoms with Gasteiger partial charge in [0.1, 0.15) is 6.17 Å². The lowest BCUT2D eigenvalue weighted by atomic mass is 9.96. The molecule has 30 heavy (non-hydrogen) atoms. The van der Waals surface area contributed by atoms with E-state index >= 15 is 0 Å². The van der Waals surface area contributed by atoms with Crippen molar-refractivity contribution in [2.75, 3.05) is 10.2 Å². The molecular formula is C27H30N2O. The molecule has 3 aromatic carbocycles. The molecule has 0 bridgehead atoms. The van der Waals surface area contributed by atoms with Crippen LogP contribution in [0.3, 0.4) is 0 Å². The van der Waals surface area contributed by atoms with E-state index in [1.54, 1.807) is 0 Å². The van der Waals surface area contributed by atoms with Crippen LogP contribution in [0.2, 0.25) is 0 Å². The number of anilines is 2. The zero-order valence-electron chi connectivity index (χ0n) is 18.2. The first kappa shape index (κ1) is 20.2. The van der Waals surface area contributed by atoms with Crippen molar-refractivity contribution < 1.29 is 4.79 Å². The van der Waals surface area contributed by atoms with Gasteiger partial charge in [-0.05, 0) is 59.2 Å². The van der Waals surface area contributed by atoms with Crippen LogP contribution < -0.4 is 10.2 Å². The molecule has 1 N–H and O–H groups in total. The van der Waals surface area contributed by atoms with Gasteiger partial charge in [0, 0.05) is 11.4 Å². The van der Waals surface area contributed by atoms with Gasteiger partial charge in [0.05, 0.1) is 5.56 Å². The number of carbonyl (C=O) groups is 1. The van der Waals surface area contributed by atoms with E-state index in [1.165, 1.54) is 11.1 Å². The average Bonchev–Trinajstić information content (AvgIpc) is 2.78. The third-order valence-corrected chi connectivity index (χ3v) is 6.20. The third-order valence-electron chi connectivity index (χ3n) is 6.20. The Morgan fingerprint density at radius 1 is 0.867 bits per heavy atom. The van der Waals surface area contributed by atoms with Crippen LogP contribution in [-0.2, 0) is 0 Å². The van der Waals surface area contributed by atoms with Crippen molar-refractivity contribution in [2.45, 2.75) is 52.1 Å². The van der Waals surface area contributed by atoms with Gasteiger partial charge >= 0.3 is 0 Å². The fourth-order valence-corrected chi connectivity index (χ4v) is 4.02. The number of hydrogen-bond donors (Lipinski definition) is 1. The summed E-state index contributed by atoms with van der Waals surface area (Å²) in [5.41, 5.74) is 6.18. The van der Waals surface area contributed by atoms with Crippen LogP contribution in [0.1, 0.15) is 79.2 Å². The van der Waals surface area contributed by atoms with Crippen LogP contribution in [0.15, 0.2) is 72.8 Å². The molecule has 1 aliphatic heterocycles. The number of rotatable bonds is 5. The van der Waals surface area contributed by atoms with Crippen LogP contribution in [-0.4, -0.2) is 5.91 Å². The highest BCUT2D eigenvalue weighted by molar-refractivity contribution is 6.12. The van der Waals surface area contributed by atoms with Crippen LogP contribution in [0, 0.1) is 0 Å². The zero-order valence-corrected chi connectivity index (χ0v) is 18.2. The highest BCUT2D eigenvalue weighted by Crippen LogP contribution is 2.37. The summed E-state index contributed by atoms with van der Waals surface area (Å²) >= 11 is 0. The van der Waals surface area contributed by atoms with Gasteiger partial charge in [-0.1, -0.05) is 76.2 Å². The SMILES string of the molecule is CC[C@H](C)c1ccc(N2C(=O)c3ccccc3N[C@@H]2c2ccc(C(C)C)cc2)cc1. The van der Waals surface area contributed by atoms with E-state index < -0.39 is 0 Å². The zero-order chi connectivity index (χ0) is 21.3. The van der Waals surface area contributed by atoms with Gasteiger partial charge in [0.25, 0.3) is 5.91 Å². The van der Waals surface area contributed by atoms with E-state index in [9.17, 15) is 4.79 Å². The number of amides is 1. The monoisotopic (exact) mass is 398 g/mol. The molecule has 4 rings (SSSR count). The van der Waals surface area contributed by atoms with Gasteiger partial charge in [-0.3, -0.25) is 9.69 Å². The van der Waals surface area contributed by atoms with Crippen molar-refractivity contribution in [3.05, 3.63) is 95.1 Å². The predicted octanol–water partition coefficient (Wildman–Crippen LogP) is 7.09. The fourth-order valence-electron chi connectivity index (χ4n) is 4.02. The minimum absolute atomic E-state index is 0.0265. The van der Waals surface area contributed by atoms with Gasteiger partial charge in [-0.2, -0.15) is 0 Å². The first-order valence-corrected chi connectivity index (χ1v) is 10.9. The van der Waals surface area contributed by atoms with Gasteiger partial charge in [-0.25, -0.2) is 0 Å². The molecule has 3 heteroatoms. The van der Waals surface area contributed by atoms with Crippen molar-refractivity contribution in [1.82, 2.24) is 0 Å². The van der Waals surface area contributed by atoms with Crippen molar-refractivity contribution in [1.29, 1.82) is 0 Å². The quantitative estimate of drug-likeness (QED) is 0.497. The Kier molecular flexibility index (Phi) is 5.63. The summed E-state index contributed by atoms with van der Waals surface area (Å²) in [5.74, 6) is 1.01. The molecule has 0 aliphatic carbocycles. The molecule has 3 aromatic rings. The highest BCUT2D eigenvalue weighted by Gasteiger charge is 2.34. The Labute approximate surface area is 179 Å². The Hall–Kier alpha value is -3.07. The lowest BCUT2D eigenvalue weighted by Gasteiger charge is -2.38. The molecule has 0 saturated carbocycles. The molecule has 0 aromatic heterocycles. The lowest BCUT2D eigenvalue weighted by molar-refractivity contribution is 0.0975. The normalized spacial score (nSPS) is 16.9. The maximum absolute atomic E-state index is 13.5. The summed E-state index contributed by atoms with van der Waals surface area (Å²) in [5, 5.41) is 3.59. The molecule has 154 valence electrons. The molecule has 0 radical (unpaired) electrons. The number of nitrogens with one attached hydrogen (secondary N) is 1. The van der Waals surface area contributed by atoms with Crippen molar-refractivity contribution in [2.24, 2.45) is 0 Å². The molecule has 1 amide bonds. The summed E-state index contributed by atoms with van der Waals surface area (Å²) in [7, 11) is 0. The molecule has 1 aliphatic rings. The number of benzene rings is 3. The first-order valence-electron chi connectivity index (χ1n) is 10.9. The van der Waals surface area contributed by atoms with Gasteiger partial charge in [0.15, 0.2) is 0 Å². The second kappa shape index (κ2) is 8.35. The van der Waals surface area contributed by atoms with Gasteiger partial charge in [0.2, 0.25) is 0 Å². The maximum atomic E-state index is 13.5. The van der Waals surface area contributed by atoms with Crippen LogP contribution >= 0.6 is 0 Å². The van der Waals surface area contributed by atoms with E-state index in [2.05, 4.69) is 81.5 Å². The van der Waals surface area contributed by atoms with Gasteiger partial charge in [-0.15, -0.1) is 0 Å². The molecule has 0 unspecified atom stereocenters. The first-order chi connectivity index (χ1) is 14.5. The minimum Gasteiger partial charge on any atom is -0.360 e. The summed E-state index contributed by atoms with van der Waals surface area (Å²) < 4.78 is 0. The largest absolute Gasteiger partial charge is 0.360 e. The van der Waals surface area contributed by atoms with Crippen LogP contribution in [0.25, 0.3) is 0 Å². The van der Waals surface area contributed by atoms with Crippen molar-refractivity contribution in [3.8, 4) is 0 Å². The summed E-state index contributed by atoms with van der Waals surface area (Å²) in [4.78, 5) is 15.4. The predicted molar refractivity (Wildman–Crippen MR) is 125 cm³/mol. The summed E-state index contributed by atoms with van der Waals surface area (Å²) in [6.07, 6.45) is 0.852. The Morgan fingerprint density at radius 3 is 2.13 bits per heavy atom. The molecular weight excluding hydrogens is 368 g/mol. The number of para-hydroxylation sites is 1. The number of carbonyl (C=O) groups excluding carboxylic acids is 1. The second-order valence-corrected chi connectivity index (χ2v) is 8.49. The van der Waals surface area contributed by atoms with Crippen LogP contribution in [0.5, 0.6) is 0 Å². The Morgan fingerprint density at radius 2 is 1.50 bits per heavy atom. The molecule has 3 nitrogen and oxygen atoms in total. The fraction of sp³-hybridized carbons (Fsp3) is 0.296. The van der Waals surface area contributed by atoms with Crippen molar-refractivity contribution >= 4 is 17.3 Å². The van der Waals surface area contributed by atoms with E-state index in [-0.39, 0.29) is 12.1 Å². The summed E-state index contributed by atoms with van der Waals surface area (Å²) in [6.45, 7) is 8.82. The standard InChI is InChI=1S/C27H30N2O/c1-5-19(4)21-14-16-23(17-15-21)29-26(22-12-10-20(11-13-22)18(2)3)28-25-9-7-6-8-24(25)27(29)30/h6-19,26,28H,5H2,1-4H3/t19-,26-/m0/s1. The smallest absolute Gasteiger partial charge is 0.262 e. The third kappa shape index (κ3) is 3.72. The van der Waals surface area contributed by atoms with E-state index in [0.717, 1.165) is 23.4 Å². The van der Waals surface area contributed by atoms with E-state index in [4.69, 9.17) is 0 Å². The Balaban J connectivity index is 1.76. The number of nitrogens with zero attached hydrogens (tertiary/aromatic N) is 1. The van der Waals surface area contributed by atoms with Gasteiger partial charge < -0.3 is 5.32 Å². The second-order valence-electron chi connectivity index (χ2n) is 8.49. The number of hydrogen-bond acceptors (Lipinski definition) is 2. The highest BCUT2D eigenvalue weighted by atomic mass is 16.2. The number of fused-ring (bicyclic) bond motifs is 1. The minimum atomic E-state index is -0.247. The molecule has 1 heterocycles. The van der Waals surface area contributed by atoms with Crippen molar-refractivity contribution in [3.63, 3.8) is 0 Å². The van der Waals surface area contributed by atoms with E-state index in [1.807, 2.05) is 29.2 Å². The molecule has 0 spiro atoms. The molecule has 0 saturated heterocycles. The molecule has 0 fully saturated rings. The topological polar surface area (TPSA) is 32.3 Å². The van der Waals surface area contributed by atoms with Crippen LogP contribution in [0.4, 0.5) is 11.4 Å².